The first-order chi connectivity index (χ1) is 9.19. The zero-order valence-corrected chi connectivity index (χ0v) is 13.2. The van der Waals surface area contributed by atoms with Gasteiger partial charge in [-0.1, -0.05) is 6.92 Å². The van der Waals surface area contributed by atoms with Gasteiger partial charge in [-0.2, -0.15) is 11.8 Å². The van der Waals surface area contributed by atoms with E-state index in [0.717, 1.165) is 51.0 Å². The minimum atomic E-state index is 0.274. The molecule has 1 saturated heterocycles. The highest BCUT2D eigenvalue weighted by Crippen LogP contribution is 2.34. The van der Waals surface area contributed by atoms with Crippen molar-refractivity contribution in [1.82, 2.24) is 10.6 Å². The van der Waals surface area contributed by atoms with Crippen LogP contribution in [0.4, 0.5) is 0 Å². The Morgan fingerprint density at radius 1 is 1.42 bits per heavy atom. The Bertz CT molecular complexity index is 316. The van der Waals surface area contributed by atoms with Gasteiger partial charge in [0.15, 0.2) is 5.96 Å². The molecule has 1 heterocycles. The maximum absolute atomic E-state index is 5.48. The molecule has 0 aromatic heterocycles. The topological polar surface area (TPSA) is 45.7 Å². The molecule has 0 bridgehead atoms. The van der Waals surface area contributed by atoms with E-state index in [1.807, 2.05) is 11.8 Å². The summed E-state index contributed by atoms with van der Waals surface area (Å²) in [5.41, 5.74) is 0. The van der Waals surface area contributed by atoms with Gasteiger partial charge in [0, 0.05) is 30.5 Å². The van der Waals surface area contributed by atoms with E-state index < -0.39 is 0 Å². The van der Waals surface area contributed by atoms with Gasteiger partial charge in [0.1, 0.15) is 0 Å². The summed E-state index contributed by atoms with van der Waals surface area (Å²) in [4.78, 5) is 4.81. The van der Waals surface area contributed by atoms with Gasteiger partial charge in [-0.15, -0.1) is 0 Å². The SMILES string of the molecule is CCNC(=NCC1(SC)CCOCC1)NC1CC1C. The van der Waals surface area contributed by atoms with Gasteiger partial charge >= 0.3 is 0 Å². The number of nitrogens with one attached hydrogen (secondary N) is 2. The molecule has 1 aliphatic heterocycles. The van der Waals surface area contributed by atoms with Crippen molar-refractivity contribution in [2.24, 2.45) is 10.9 Å². The summed E-state index contributed by atoms with van der Waals surface area (Å²) in [7, 11) is 0. The van der Waals surface area contributed by atoms with Crippen molar-refractivity contribution < 1.29 is 4.74 Å². The van der Waals surface area contributed by atoms with Gasteiger partial charge in [-0.25, -0.2) is 0 Å². The Kier molecular flexibility index (Phi) is 5.39. The quantitative estimate of drug-likeness (QED) is 0.598. The maximum atomic E-state index is 5.48. The van der Waals surface area contributed by atoms with Crippen molar-refractivity contribution in [2.75, 3.05) is 32.6 Å². The Morgan fingerprint density at radius 3 is 2.63 bits per heavy atom. The third-order valence-electron chi connectivity index (χ3n) is 4.14. The highest BCUT2D eigenvalue weighted by Gasteiger charge is 2.34. The first-order valence-electron chi connectivity index (χ1n) is 7.37. The minimum Gasteiger partial charge on any atom is -0.381 e. The van der Waals surface area contributed by atoms with E-state index in [0.29, 0.717) is 6.04 Å². The van der Waals surface area contributed by atoms with Crippen molar-refractivity contribution >= 4 is 17.7 Å². The molecule has 0 spiro atoms. The number of hydrogen-bond acceptors (Lipinski definition) is 3. The second-order valence-corrected chi connectivity index (χ2v) is 6.93. The zero-order chi connectivity index (χ0) is 13.7. The third kappa shape index (κ3) is 4.28. The number of guanidine groups is 1. The molecule has 0 radical (unpaired) electrons. The lowest BCUT2D eigenvalue weighted by atomic mass is 9.99. The predicted molar refractivity (Wildman–Crippen MR) is 83.0 cm³/mol. The lowest BCUT2D eigenvalue weighted by Crippen LogP contribution is -2.42. The van der Waals surface area contributed by atoms with Crippen molar-refractivity contribution in [2.45, 2.75) is 43.9 Å². The van der Waals surface area contributed by atoms with Crippen LogP contribution in [0.3, 0.4) is 0 Å². The fraction of sp³-hybridized carbons (Fsp3) is 0.929. The largest absolute Gasteiger partial charge is 0.381 e. The number of nitrogens with zero attached hydrogens (tertiary/aromatic N) is 1. The van der Waals surface area contributed by atoms with Gasteiger partial charge in [0.05, 0.1) is 6.54 Å². The molecule has 1 aliphatic carbocycles. The summed E-state index contributed by atoms with van der Waals surface area (Å²) in [6.45, 7) is 7.95. The number of thioether (sulfide) groups is 1. The summed E-state index contributed by atoms with van der Waals surface area (Å²) < 4.78 is 5.75. The average molecular weight is 285 g/mol. The lowest BCUT2D eigenvalue weighted by molar-refractivity contribution is 0.0794. The van der Waals surface area contributed by atoms with Gasteiger partial charge in [0.2, 0.25) is 0 Å². The highest BCUT2D eigenvalue weighted by atomic mass is 32.2. The van der Waals surface area contributed by atoms with E-state index in [1.54, 1.807) is 0 Å². The van der Waals surface area contributed by atoms with E-state index in [2.05, 4.69) is 30.7 Å². The Morgan fingerprint density at radius 2 is 2.11 bits per heavy atom. The van der Waals surface area contributed by atoms with Crippen LogP contribution in [0.5, 0.6) is 0 Å². The second-order valence-electron chi connectivity index (χ2n) is 5.66. The Labute approximate surface area is 121 Å². The van der Waals surface area contributed by atoms with E-state index in [9.17, 15) is 0 Å². The number of rotatable bonds is 5. The molecule has 2 unspecified atom stereocenters. The molecule has 0 aromatic carbocycles. The molecule has 1 saturated carbocycles. The fourth-order valence-electron chi connectivity index (χ4n) is 2.41. The van der Waals surface area contributed by atoms with Gasteiger partial charge in [0.25, 0.3) is 0 Å². The Hall–Kier alpha value is -0.420. The smallest absolute Gasteiger partial charge is 0.191 e. The summed E-state index contributed by atoms with van der Waals surface area (Å²) >= 11 is 1.95. The second kappa shape index (κ2) is 6.84. The van der Waals surface area contributed by atoms with E-state index in [1.165, 1.54) is 6.42 Å². The summed E-state index contributed by atoms with van der Waals surface area (Å²) in [5, 5.41) is 6.87. The highest BCUT2D eigenvalue weighted by molar-refractivity contribution is 8.00. The fourth-order valence-corrected chi connectivity index (χ4v) is 3.18. The number of hydrogen-bond donors (Lipinski definition) is 2. The molecule has 2 atom stereocenters. The number of ether oxygens (including phenoxy) is 1. The van der Waals surface area contributed by atoms with Crippen LogP contribution in [-0.4, -0.2) is 49.3 Å². The van der Waals surface area contributed by atoms with E-state index >= 15 is 0 Å². The predicted octanol–water partition coefficient (Wildman–Crippen LogP) is 1.86. The van der Waals surface area contributed by atoms with Crippen molar-refractivity contribution in [3.8, 4) is 0 Å². The average Bonchev–Trinajstić information content (AvgIpc) is 3.13. The van der Waals surface area contributed by atoms with E-state index in [4.69, 9.17) is 9.73 Å². The van der Waals surface area contributed by atoms with Crippen LogP contribution < -0.4 is 10.6 Å². The molecular formula is C14H27N3OS. The summed E-state index contributed by atoms with van der Waals surface area (Å²) in [5.74, 6) is 1.78. The van der Waals surface area contributed by atoms with Gasteiger partial charge < -0.3 is 15.4 Å². The molecule has 2 rings (SSSR count). The van der Waals surface area contributed by atoms with Crippen LogP contribution in [0, 0.1) is 5.92 Å². The van der Waals surface area contributed by atoms with Crippen molar-refractivity contribution in [3.05, 3.63) is 0 Å². The van der Waals surface area contributed by atoms with Crippen LogP contribution in [0.2, 0.25) is 0 Å². The van der Waals surface area contributed by atoms with Crippen molar-refractivity contribution in [3.63, 3.8) is 0 Å². The van der Waals surface area contributed by atoms with Crippen LogP contribution in [-0.2, 0) is 4.74 Å². The van der Waals surface area contributed by atoms with Crippen LogP contribution in [0.15, 0.2) is 4.99 Å². The van der Waals surface area contributed by atoms with Crippen LogP contribution >= 0.6 is 11.8 Å². The van der Waals surface area contributed by atoms with Gasteiger partial charge in [-0.05, 0) is 38.4 Å². The van der Waals surface area contributed by atoms with Crippen LogP contribution in [0.25, 0.3) is 0 Å². The first kappa shape index (κ1) is 15.0. The molecule has 0 amide bonds. The summed E-state index contributed by atoms with van der Waals surface area (Å²) in [6, 6.07) is 0.623. The van der Waals surface area contributed by atoms with Crippen LogP contribution in [0.1, 0.15) is 33.1 Å². The molecule has 110 valence electrons. The molecule has 4 nitrogen and oxygen atoms in total. The normalized spacial score (nSPS) is 29.9. The molecule has 19 heavy (non-hydrogen) atoms. The molecule has 2 aliphatic rings. The third-order valence-corrected chi connectivity index (χ3v) is 5.54. The first-order valence-corrected chi connectivity index (χ1v) is 8.59. The van der Waals surface area contributed by atoms with Crippen molar-refractivity contribution in [1.29, 1.82) is 0 Å². The van der Waals surface area contributed by atoms with Gasteiger partial charge in [-0.3, -0.25) is 4.99 Å². The lowest BCUT2D eigenvalue weighted by Gasteiger charge is -2.34. The molecule has 2 N–H and O–H groups in total. The maximum Gasteiger partial charge on any atom is 0.191 e. The minimum absolute atomic E-state index is 0.274. The van der Waals surface area contributed by atoms with E-state index in [-0.39, 0.29) is 4.75 Å². The monoisotopic (exact) mass is 285 g/mol. The summed E-state index contributed by atoms with van der Waals surface area (Å²) in [6.07, 6.45) is 5.68. The molecule has 0 aromatic rings. The molecular weight excluding hydrogens is 258 g/mol. The molecule has 2 fully saturated rings. The number of aliphatic imine (C=N–C) groups is 1. The zero-order valence-electron chi connectivity index (χ0n) is 12.4. The molecule has 5 heteroatoms. The Balaban J connectivity index is 1.91. The standard InChI is InChI=1S/C14H27N3OS/c1-4-15-13(17-12-9-11(12)2)16-10-14(19-3)5-7-18-8-6-14/h11-12H,4-10H2,1-3H3,(H2,15,16,17).